The molecule has 0 saturated carbocycles. The zero-order chi connectivity index (χ0) is 29.5. The van der Waals surface area contributed by atoms with Crippen LogP contribution in [0.15, 0.2) is 73.3 Å². The largest absolute Gasteiger partial charge is 0.447 e. The van der Waals surface area contributed by atoms with Crippen molar-refractivity contribution in [3.63, 3.8) is 0 Å². The number of hydrogen-bond donors (Lipinski definition) is 1. The Hall–Kier alpha value is -2.78. The van der Waals surface area contributed by atoms with Gasteiger partial charge in [-0.15, -0.1) is 6.58 Å². The maximum Gasteiger partial charge on any atom is 0.417 e. The van der Waals surface area contributed by atoms with Crippen LogP contribution in [0.4, 0.5) is 4.79 Å². The predicted octanol–water partition coefficient (Wildman–Crippen LogP) is 6.13. The molecular weight excluding hydrogens is 522 g/mol. The molecule has 0 aliphatic carbocycles. The standard InChI is InChI=1S/C32H45NO6Si/c1-8-15-27(39-40(6,7)32(3,4)5)23(2)28(34)29(37-21-25-18-13-10-14-19-25)30(35)33-26(22-38-31(33)36)20-24-16-11-9-12-17-24/h8-14,16-19,23,26-29,34H,1,15,20-22H2,2-7H3/t23-,26-,27+,28-,29+/m1/s1. The second-order valence-corrected chi connectivity index (χ2v) is 16.9. The lowest BCUT2D eigenvalue weighted by molar-refractivity contribution is -0.156. The first-order valence-electron chi connectivity index (χ1n) is 14.0. The van der Waals surface area contributed by atoms with Gasteiger partial charge in [-0.25, -0.2) is 9.69 Å². The van der Waals surface area contributed by atoms with E-state index in [4.69, 9.17) is 13.9 Å². The Morgan fingerprint density at radius 2 is 1.70 bits per heavy atom. The highest BCUT2D eigenvalue weighted by Crippen LogP contribution is 2.39. The quantitative estimate of drug-likeness (QED) is 0.232. The first kappa shape index (κ1) is 31.7. The highest BCUT2D eigenvalue weighted by Gasteiger charge is 2.47. The molecule has 0 bridgehead atoms. The number of aliphatic hydroxyl groups excluding tert-OH is 1. The molecule has 0 spiro atoms. The highest BCUT2D eigenvalue weighted by molar-refractivity contribution is 6.74. The fourth-order valence-corrected chi connectivity index (χ4v) is 5.99. The summed E-state index contributed by atoms with van der Waals surface area (Å²) in [7, 11) is -2.21. The van der Waals surface area contributed by atoms with Crippen molar-refractivity contribution in [2.75, 3.05) is 6.61 Å². The van der Waals surface area contributed by atoms with Crippen molar-refractivity contribution in [1.29, 1.82) is 0 Å². The molecule has 1 aliphatic heterocycles. The minimum atomic E-state index is -2.21. The average Bonchev–Trinajstić information content (AvgIpc) is 3.27. The third kappa shape index (κ3) is 7.91. The number of cyclic esters (lactones) is 1. The maximum atomic E-state index is 14.0. The topological polar surface area (TPSA) is 85.3 Å². The number of imide groups is 1. The molecule has 0 radical (unpaired) electrons. The van der Waals surface area contributed by atoms with Gasteiger partial charge in [-0.3, -0.25) is 4.79 Å². The molecule has 218 valence electrons. The second-order valence-electron chi connectivity index (χ2n) is 12.1. The monoisotopic (exact) mass is 567 g/mol. The summed E-state index contributed by atoms with van der Waals surface area (Å²) < 4.78 is 18.2. The number of carbonyl (C=O) groups excluding carboxylic acids is 2. The van der Waals surface area contributed by atoms with Gasteiger partial charge < -0.3 is 19.0 Å². The Balaban J connectivity index is 1.89. The van der Waals surface area contributed by atoms with E-state index in [1.165, 1.54) is 0 Å². The van der Waals surface area contributed by atoms with Gasteiger partial charge in [0.15, 0.2) is 14.4 Å². The van der Waals surface area contributed by atoms with Gasteiger partial charge in [0.25, 0.3) is 5.91 Å². The van der Waals surface area contributed by atoms with Crippen molar-refractivity contribution < 1.29 is 28.6 Å². The SMILES string of the molecule is C=CC[C@H](O[Si](C)(C)C(C)(C)C)[C@@H](C)[C@@H](O)[C@H](OCc1ccccc1)C(=O)N1C(=O)OC[C@H]1Cc1ccccc1. The predicted molar refractivity (Wildman–Crippen MR) is 159 cm³/mol. The fraction of sp³-hybridized carbons (Fsp3) is 0.500. The van der Waals surface area contributed by atoms with Gasteiger partial charge in [-0.2, -0.15) is 0 Å². The lowest BCUT2D eigenvalue weighted by Gasteiger charge is -2.42. The summed E-state index contributed by atoms with van der Waals surface area (Å²) in [5.41, 5.74) is 1.83. The zero-order valence-corrected chi connectivity index (χ0v) is 25.7. The molecule has 1 N–H and O–H groups in total. The molecule has 8 heteroatoms. The molecular formula is C32H45NO6Si. The molecule has 0 aromatic heterocycles. The van der Waals surface area contributed by atoms with Crippen LogP contribution in [0, 0.1) is 5.92 Å². The lowest BCUT2D eigenvalue weighted by Crippen LogP contribution is -2.54. The minimum Gasteiger partial charge on any atom is -0.447 e. The van der Waals surface area contributed by atoms with E-state index in [2.05, 4.69) is 40.4 Å². The van der Waals surface area contributed by atoms with Crippen LogP contribution in [-0.2, 0) is 31.7 Å². The van der Waals surface area contributed by atoms with E-state index >= 15 is 0 Å². The Labute approximate surface area is 240 Å². The molecule has 2 amide bonds. The van der Waals surface area contributed by atoms with E-state index in [0.29, 0.717) is 12.8 Å². The van der Waals surface area contributed by atoms with Crippen LogP contribution in [-0.4, -0.2) is 61.3 Å². The molecule has 1 saturated heterocycles. The van der Waals surface area contributed by atoms with Crippen molar-refractivity contribution in [3.05, 3.63) is 84.4 Å². The number of benzene rings is 2. The molecule has 1 aliphatic rings. The van der Waals surface area contributed by atoms with E-state index in [1.807, 2.05) is 67.6 Å². The summed E-state index contributed by atoms with van der Waals surface area (Å²) in [6, 6.07) is 18.6. The Morgan fingerprint density at radius 1 is 1.12 bits per heavy atom. The van der Waals surface area contributed by atoms with Gasteiger partial charge in [0, 0.05) is 5.92 Å². The van der Waals surface area contributed by atoms with Crippen LogP contribution in [0.3, 0.4) is 0 Å². The van der Waals surface area contributed by atoms with Crippen LogP contribution < -0.4 is 0 Å². The molecule has 2 aromatic carbocycles. The van der Waals surface area contributed by atoms with E-state index in [1.54, 1.807) is 6.08 Å². The van der Waals surface area contributed by atoms with E-state index in [9.17, 15) is 14.7 Å². The molecule has 40 heavy (non-hydrogen) atoms. The number of amides is 2. The summed E-state index contributed by atoms with van der Waals surface area (Å²) in [5, 5.41) is 11.7. The number of rotatable bonds is 13. The van der Waals surface area contributed by atoms with Crippen molar-refractivity contribution in [1.82, 2.24) is 4.90 Å². The second kappa shape index (κ2) is 13.7. The summed E-state index contributed by atoms with van der Waals surface area (Å²) in [6.45, 7) is 16.7. The summed E-state index contributed by atoms with van der Waals surface area (Å²) in [4.78, 5) is 28.0. The van der Waals surface area contributed by atoms with E-state index in [-0.39, 0.29) is 24.4 Å². The minimum absolute atomic E-state index is 0.0416. The normalized spacial score (nSPS) is 19.0. The summed E-state index contributed by atoms with van der Waals surface area (Å²) in [6.07, 6.45) is -0.911. The number of aliphatic hydroxyl groups is 1. The van der Waals surface area contributed by atoms with Gasteiger partial charge in [0.1, 0.15) is 6.61 Å². The summed E-state index contributed by atoms with van der Waals surface area (Å²) in [5.74, 6) is -1.09. The summed E-state index contributed by atoms with van der Waals surface area (Å²) >= 11 is 0. The maximum absolute atomic E-state index is 14.0. The molecule has 2 aromatic rings. The van der Waals surface area contributed by atoms with Crippen LogP contribution in [0.2, 0.25) is 18.1 Å². The highest BCUT2D eigenvalue weighted by atomic mass is 28.4. The molecule has 7 nitrogen and oxygen atoms in total. The molecule has 3 rings (SSSR count). The van der Waals surface area contributed by atoms with Gasteiger partial charge >= 0.3 is 6.09 Å². The van der Waals surface area contributed by atoms with Gasteiger partial charge in [0.05, 0.1) is 24.9 Å². The fourth-order valence-electron chi connectivity index (χ4n) is 4.57. The molecule has 0 unspecified atom stereocenters. The van der Waals surface area contributed by atoms with Crippen molar-refractivity contribution in [2.45, 2.75) is 89.6 Å². The van der Waals surface area contributed by atoms with Crippen molar-refractivity contribution >= 4 is 20.3 Å². The van der Waals surface area contributed by atoms with Gasteiger partial charge in [-0.05, 0) is 42.1 Å². The van der Waals surface area contributed by atoms with Crippen molar-refractivity contribution in [3.8, 4) is 0 Å². The first-order chi connectivity index (χ1) is 18.9. The van der Waals surface area contributed by atoms with Crippen LogP contribution >= 0.6 is 0 Å². The van der Waals surface area contributed by atoms with Crippen LogP contribution in [0.1, 0.15) is 45.2 Å². The van der Waals surface area contributed by atoms with E-state index in [0.717, 1.165) is 16.0 Å². The van der Waals surface area contributed by atoms with Crippen LogP contribution in [0.25, 0.3) is 0 Å². The average molecular weight is 568 g/mol. The Bertz CT molecular complexity index is 1120. The number of hydrogen-bond acceptors (Lipinski definition) is 6. The van der Waals surface area contributed by atoms with E-state index < -0.39 is 44.5 Å². The van der Waals surface area contributed by atoms with Gasteiger partial charge in [0.2, 0.25) is 0 Å². The third-order valence-electron chi connectivity index (χ3n) is 8.11. The first-order valence-corrected chi connectivity index (χ1v) is 16.9. The number of nitrogens with zero attached hydrogens (tertiary/aromatic N) is 1. The Kier molecular flexibility index (Phi) is 10.9. The van der Waals surface area contributed by atoms with Crippen molar-refractivity contribution in [2.24, 2.45) is 5.92 Å². The smallest absolute Gasteiger partial charge is 0.417 e. The molecule has 1 fully saturated rings. The molecule has 5 atom stereocenters. The van der Waals surface area contributed by atoms with Gasteiger partial charge in [-0.1, -0.05) is 94.4 Å². The third-order valence-corrected chi connectivity index (χ3v) is 12.6. The molecule has 1 heterocycles. The Morgan fingerprint density at radius 3 is 2.25 bits per heavy atom. The lowest BCUT2D eigenvalue weighted by atomic mass is 9.91. The number of ether oxygens (including phenoxy) is 2. The number of carbonyl (C=O) groups is 2. The van der Waals surface area contributed by atoms with Crippen LogP contribution in [0.5, 0.6) is 0 Å². The zero-order valence-electron chi connectivity index (χ0n) is 24.7.